The fourth-order valence-corrected chi connectivity index (χ4v) is 1.87. The summed E-state index contributed by atoms with van der Waals surface area (Å²) in [4.78, 5) is 0. The van der Waals surface area contributed by atoms with Gasteiger partial charge in [0.25, 0.3) is 0 Å². The third-order valence-corrected chi connectivity index (χ3v) is 3.06. The molecule has 1 N–H and O–H groups in total. The second-order valence-electron chi connectivity index (χ2n) is 5.53. The summed E-state index contributed by atoms with van der Waals surface area (Å²) in [5.74, 6) is 0.292. The largest absolute Gasteiger partial charge is 0.494 e. The van der Waals surface area contributed by atoms with Gasteiger partial charge in [-0.15, -0.1) is 0 Å². The van der Waals surface area contributed by atoms with Gasteiger partial charge in [-0.2, -0.15) is 0 Å². The maximum atomic E-state index is 9.55. The Hall–Kier alpha value is -1.70. The Kier molecular flexibility index (Phi) is 2.74. The minimum Gasteiger partial charge on any atom is -0.494 e. The molecule has 0 atom stereocenters. The van der Waals surface area contributed by atoms with Crippen molar-refractivity contribution in [3.63, 3.8) is 0 Å². The lowest BCUT2D eigenvalue weighted by Gasteiger charge is -2.19. The number of rotatable bonds is 1. The molecule has 0 amide bonds. The molecular formula is C15H19NO. The summed E-state index contributed by atoms with van der Waals surface area (Å²) in [5.41, 5.74) is 3.68. The van der Waals surface area contributed by atoms with Gasteiger partial charge in [0, 0.05) is 24.9 Å². The van der Waals surface area contributed by atoms with Gasteiger partial charge in [0.2, 0.25) is 0 Å². The molecule has 0 saturated heterocycles. The van der Waals surface area contributed by atoms with E-state index in [9.17, 15) is 5.11 Å². The Bertz CT molecular complexity index is 495. The molecule has 0 unspecified atom stereocenters. The quantitative estimate of drug-likeness (QED) is 0.792. The number of aromatic hydroxyl groups is 1. The molecule has 0 aliphatic carbocycles. The van der Waals surface area contributed by atoms with E-state index in [2.05, 4.69) is 45.0 Å². The van der Waals surface area contributed by atoms with E-state index in [0.29, 0.717) is 5.88 Å². The van der Waals surface area contributed by atoms with Crippen LogP contribution in [0.2, 0.25) is 0 Å². The zero-order chi connectivity index (χ0) is 12.6. The summed E-state index contributed by atoms with van der Waals surface area (Å²) in [6.07, 6.45) is 1.93. The van der Waals surface area contributed by atoms with Crippen LogP contribution in [-0.2, 0) is 12.5 Å². The summed E-state index contributed by atoms with van der Waals surface area (Å²) in [7, 11) is 1.84. The van der Waals surface area contributed by atoms with Crippen molar-refractivity contribution in [2.24, 2.45) is 7.05 Å². The fourth-order valence-electron chi connectivity index (χ4n) is 1.87. The number of hydrogen-bond acceptors (Lipinski definition) is 1. The van der Waals surface area contributed by atoms with Gasteiger partial charge in [0.05, 0.1) is 0 Å². The monoisotopic (exact) mass is 229 g/mol. The molecule has 0 aliphatic heterocycles. The van der Waals surface area contributed by atoms with Crippen molar-refractivity contribution >= 4 is 0 Å². The third kappa shape index (κ3) is 2.36. The Morgan fingerprint density at radius 2 is 1.59 bits per heavy atom. The van der Waals surface area contributed by atoms with E-state index in [-0.39, 0.29) is 5.41 Å². The van der Waals surface area contributed by atoms with E-state index < -0.39 is 0 Å². The molecular weight excluding hydrogens is 210 g/mol. The van der Waals surface area contributed by atoms with Crippen molar-refractivity contribution in [1.82, 2.24) is 4.57 Å². The molecule has 1 heterocycles. The van der Waals surface area contributed by atoms with Gasteiger partial charge in [-0.05, 0) is 16.5 Å². The average Bonchev–Trinajstić information content (AvgIpc) is 2.58. The molecule has 0 spiro atoms. The van der Waals surface area contributed by atoms with Crippen LogP contribution in [0.15, 0.2) is 36.5 Å². The standard InChI is InChI=1S/C15H19NO/c1-15(2,3)13-7-5-11(6-8-13)12-9-14(17)16(4)10-12/h5-10,17H,1-4H3. The number of nitrogens with zero attached hydrogens (tertiary/aromatic N) is 1. The highest BCUT2D eigenvalue weighted by molar-refractivity contribution is 5.65. The molecule has 0 radical (unpaired) electrons. The van der Waals surface area contributed by atoms with Gasteiger partial charge in [0.15, 0.2) is 5.88 Å². The van der Waals surface area contributed by atoms with Crippen molar-refractivity contribution in [2.75, 3.05) is 0 Å². The molecule has 0 fully saturated rings. The van der Waals surface area contributed by atoms with Crippen molar-refractivity contribution in [1.29, 1.82) is 0 Å². The first kappa shape index (κ1) is 11.8. The zero-order valence-electron chi connectivity index (χ0n) is 10.9. The molecule has 90 valence electrons. The number of hydrogen-bond donors (Lipinski definition) is 1. The average molecular weight is 229 g/mol. The molecule has 17 heavy (non-hydrogen) atoms. The van der Waals surface area contributed by atoms with Crippen LogP contribution in [0, 0.1) is 0 Å². The van der Waals surface area contributed by atoms with Gasteiger partial charge in [0.1, 0.15) is 0 Å². The first-order chi connectivity index (χ1) is 7.88. The molecule has 2 heteroatoms. The Morgan fingerprint density at radius 3 is 2.00 bits per heavy atom. The molecule has 1 aromatic heterocycles. The van der Waals surface area contributed by atoms with E-state index in [1.165, 1.54) is 5.56 Å². The van der Waals surface area contributed by atoms with Gasteiger partial charge in [-0.1, -0.05) is 45.0 Å². The molecule has 0 bridgehead atoms. The van der Waals surface area contributed by atoms with Crippen LogP contribution in [0.4, 0.5) is 0 Å². The second-order valence-corrected chi connectivity index (χ2v) is 5.53. The van der Waals surface area contributed by atoms with E-state index in [4.69, 9.17) is 0 Å². The molecule has 2 aromatic rings. The van der Waals surface area contributed by atoms with Gasteiger partial charge in [-0.3, -0.25) is 0 Å². The fraction of sp³-hybridized carbons (Fsp3) is 0.333. The van der Waals surface area contributed by atoms with Crippen LogP contribution in [0.5, 0.6) is 5.88 Å². The normalized spacial score (nSPS) is 11.8. The van der Waals surface area contributed by atoms with Crippen LogP contribution in [0.1, 0.15) is 26.3 Å². The number of benzene rings is 1. The van der Waals surface area contributed by atoms with E-state index in [1.54, 1.807) is 10.6 Å². The Morgan fingerprint density at radius 1 is 1.00 bits per heavy atom. The van der Waals surface area contributed by atoms with Crippen molar-refractivity contribution in [3.05, 3.63) is 42.1 Å². The highest BCUT2D eigenvalue weighted by Crippen LogP contribution is 2.28. The Labute approximate surface area is 103 Å². The second kappa shape index (κ2) is 3.95. The lowest BCUT2D eigenvalue weighted by atomic mass is 9.86. The SMILES string of the molecule is Cn1cc(-c2ccc(C(C)(C)C)cc2)cc1O. The molecule has 0 aliphatic rings. The summed E-state index contributed by atoms with van der Waals surface area (Å²) < 4.78 is 1.72. The highest BCUT2D eigenvalue weighted by Gasteiger charge is 2.13. The van der Waals surface area contributed by atoms with Crippen LogP contribution >= 0.6 is 0 Å². The van der Waals surface area contributed by atoms with Crippen LogP contribution in [0.25, 0.3) is 11.1 Å². The van der Waals surface area contributed by atoms with Gasteiger partial charge < -0.3 is 9.67 Å². The lowest BCUT2D eigenvalue weighted by molar-refractivity contribution is 0.432. The van der Waals surface area contributed by atoms with Crippen LogP contribution in [0.3, 0.4) is 0 Å². The third-order valence-electron chi connectivity index (χ3n) is 3.06. The van der Waals surface area contributed by atoms with Gasteiger partial charge >= 0.3 is 0 Å². The van der Waals surface area contributed by atoms with Crippen LogP contribution < -0.4 is 0 Å². The molecule has 2 rings (SSSR count). The molecule has 1 aromatic carbocycles. The predicted molar refractivity (Wildman–Crippen MR) is 71.2 cm³/mol. The summed E-state index contributed by atoms with van der Waals surface area (Å²) >= 11 is 0. The van der Waals surface area contributed by atoms with E-state index >= 15 is 0 Å². The lowest BCUT2D eigenvalue weighted by Crippen LogP contribution is -2.10. The molecule has 2 nitrogen and oxygen atoms in total. The van der Waals surface area contributed by atoms with Crippen molar-refractivity contribution in [3.8, 4) is 17.0 Å². The van der Waals surface area contributed by atoms with E-state index in [1.807, 2.05) is 13.2 Å². The van der Waals surface area contributed by atoms with Crippen LogP contribution in [-0.4, -0.2) is 9.67 Å². The van der Waals surface area contributed by atoms with Crippen molar-refractivity contribution < 1.29 is 5.11 Å². The number of aryl methyl sites for hydroxylation is 1. The summed E-state index contributed by atoms with van der Waals surface area (Å²) in [6, 6.07) is 10.3. The zero-order valence-corrected chi connectivity index (χ0v) is 10.9. The van der Waals surface area contributed by atoms with Crippen molar-refractivity contribution in [2.45, 2.75) is 26.2 Å². The first-order valence-corrected chi connectivity index (χ1v) is 5.84. The summed E-state index contributed by atoms with van der Waals surface area (Å²) in [5, 5.41) is 9.55. The van der Waals surface area contributed by atoms with Gasteiger partial charge in [-0.25, -0.2) is 0 Å². The minimum absolute atomic E-state index is 0.178. The maximum absolute atomic E-state index is 9.55. The number of aromatic nitrogens is 1. The topological polar surface area (TPSA) is 25.2 Å². The molecule has 0 saturated carbocycles. The Balaban J connectivity index is 2.36. The predicted octanol–water partition coefficient (Wildman–Crippen LogP) is 3.70. The maximum Gasteiger partial charge on any atom is 0.191 e. The highest BCUT2D eigenvalue weighted by atomic mass is 16.3. The van der Waals surface area contributed by atoms with E-state index in [0.717, 1.165) is 11.1 Å². The summed E-state index contributed by atoms with van der Waals surface area (Å²) in [6.45, 7) is 6.61. The smallest absolute Gasteiger partial charge is 0.191 e. The minimum atomic E-state index is 0.178. The first-order valence-electron chi connectivity index (χ1n) is 5.84.